The molecule has 0 unspecified atom stereocenters. The van der Waals surface area contributed by atoms with Gasteiger partial charge in [-0.25, -0.2) is 9.18 Å². The number of pyridine rings is 1. The van der Waals surface area contributed by atoms with Gasteiger partial charge in [0, 0.05) is 43.7 Å². The van der Waals surface area contributed by atoms with Crippen LogP contribution in [0.1, 0.15) is 69.9 Å². The van der Waals surface area contributed by atoms with Crippen LogP contribution in [0.5, 0.6) is 0 Å². The molecular formula is C32H37FN6O5. The first-order valence-corrected chi connectivity index (χ1v) is 15.0. The quantitative estimate of drug-likeness (QED) is 0.302. The number of carbonyl (C=O) groups is 2. The first kappa shape index (κ1) is 30.7. The highest BCUT2D eigenvalue weighted by Crippen LogP contribution is 2.34. The first-order chi connectivity index (χ1) is 21.1. The largest absolute Gasteiger partial charge is 0.356 e. The van der Waals surface area contributed by atoms with Crippen molar-refractivity contribution in [1.82, 2.24) is 19.0 Å². The van der Waals surface area contributed by atoms with Crippen LogP contribution in [0.2, 0.25) is 0 Å². The van der Waals surface area contributed by atoms with Crippen molar-refractivity contribution < 1.29 is 14.0 Å². The van der Waals surface area contributed by atoms with E-state index in [-0.39, 0.29) is 58.8 Å². The third-order valence-corrected chi connectivity index (χ3v) is 7.92. The number of fused-ring (bicyclic) bond motifs is 1. The minimum Gasteiger partial charge on any atom is -0.356 e. The van der Waals surface area contributed by atoms with Gasteiger partial charge in [0.15, 0.2) is 0 Å². The van der Waals surface area contributed by atoms with Crippen LogP contribution in [-0.4, -0.2) is 32.1 Å². The number of hydrogen-bond donors (Lipinski definition) is 3. The van der Waals surface area contributed by atoms with Gasteiger partial charge >= 0.3 is 5.69 Å². The third-order valence-electron chi connectivity index (χ3n) is 7.92. The maximum absolute atomic E-state index is 14.7. The number of hydrogen-bond acceptors (Lipinski definition) is 6. The average molecular weight is 605 g/mol. The standard InChI is InChI=1S/C32H37FN6O5/c1-4-5-13-25(40)34-17-16-26(41)35-20-9-8-10-22(18-20)38-28-19(2)30(42)37(3)29(36-24-12-7-6-11-23(24)33)27(28)31(43)39(32(38)44)21-14-15-21/h8-12,18,21,36H,4-7,13-17H2,1-3H3,(H,34,40)(H,35,41). The summed E-state index contributed by atoms with van der Waals surface area (Å²) in [6.45, 7) is 3.73. The second-order valence-electron chi connectivity index (χ2n) is 11.3. The monoisotopic (exact) mass is 604 g/mol. The normalized spacial score (nSPS) is 14.6. The summed E-state index contributed by atoms with van der Waals surface area (Å²) in [5.74, 6) is -0.832. The molecule has 12 heteroatoms. The lowest BCUT2D eigenvalue weighted by Gasteiger charge is -2.22. The fourth-order valence-corrected chi connectivity index (χ4v) is 5.43. The van der Waals surface area contributed by atoms with Crippen molar-refractivity contribution in [3.8, 4) is 5.69 Å². The highest BCUT2D eigenvalue weighted by atomic mass is 19.1. The molecule has 2 aliphatic rings. The summed E-state index contributed by atoms with van der Waals surface area (Å²) in [6.07, 6.45) is 7.70. The molecule has 0 aliphatic heterocycles. The van der Waals surface area contributed by atoms with E-state index in [9.17, 15) is 28.4 Å². The van der Waals surface area contributed by atoms with Crippen molar-refractivity contribution in [3.05, 3.63) is 84.7 Å². The Morgan fingerprint density at radius 2 is 1.77 bits per heavy atom. The lowest BCUT2D eigenvalue weighted by atomic mass is 10.1. The lowest BCUT2D eigenvalue weighted by molar-refractivity contribution is -0.121. The number of unbranched alkanes of at least 4 members (excludes halogenated alkanes) is 1. The molecule has 5 rings (SSSR count). The summed E-state index contributed by atoms with van der Waals surface area (Å²) in [7, 11) is 1.50. The van der Waals surface area contributed by atoms with E-state index in [1.165, 1.54) is 26.8 Å². The Hall–Kier alpha value is -4.74. The zero-order valence-electron chi connectivity index (χ0n) is 25.2. The van der Waals surface area contributed by atoms with Crippen LogP contribution in [-0.2, 0) is 16.6 Å². The van der Waals surface area contributed by atoms with Gasteiger partial charge in [0.05, 0.1) is 16.9 Å². The van der Waals surface area contributed by atoms with Crippen molar-refractivity contribution in [2.24, 2.45) is 7.05 Å². The third kappa shape index (κ3) is 6.15. The molecule has 2 heterocycles. The minimum absolute atomic E-state index is 0.0581. The number of allylic oxidation sites excluding steroid dienone is 3. The molecule has 2 amide bonds. The van der Waals surface area contributed by atoms with E-state index in [0.717, 1.165) is 12.8 Å². The van der Waals surface area contributed by atoms with E-state index >= 15 is 0 Å². The molecule has 0 atom stereocenters. The first-order valence-electron chi connectivity index (χ1n) is 15.0. The fraction of sp³-hybridized carbons (Fsp3) is 0.406. The van der Waals surface area contributed by atoms with Gasteiger partial charge in [0.1, 0.15) is 17.0 Å². The molecule has 11 nitrogen and oxygen atoms in total. The van der Waals surface area contributed by atoms with Crippen LogP contribution < -0.4 is 32.8 Å². The van der Waals surface area contributed by atoms with Crippen LogP contribution in [0.4, 0.5) is 15.9 Å². The van der Waals surface area contributed by atoms with Crippen LogP contribution in [0, 0.1) is 6.92 Å². The number of halogens is 1. The predicted molar refractivity (Wildman–Crippen MR) is 168 cm³/mol. The van der Waals surface area contributed by atoms with Gasteiger partial charge in [-0.15, -0.1) is 0 Å². The number of nitrogens with zero attached hydrogens (tertiary/aromatic N) is 3. The van der Waals surface area contributed by atoms with Gasteiger partial charge in [-0.05, 0) is 63.3 Å². The van der Waals surface area contributed by atoms with Crippen LogP contribution in [0.25, 0.3) is 16.6 Å². The minimum atomic E-state index is -0.603. The van der Waals surface area contributed by atoms with Crippen molar-refractivity contribution in [2.75, 3.05) is 17.2 Å². The Balaban J connectivity index is 1.58. The maximum Gasteiger partial charge on any atom is 0.336 e. The summed E-state index contributed by atoms with van der Waals surface area (Å²) in [5, 5.41) is 8.59. The summed E-state index contributed by atoms with van der Waals surface area (Å²) in [4.78, 5) is 65.9. The van der Waals surface area contributed by atoms with Crippen LogP contribution >= 0.6 is 0 Å². The van der Waals surface area contributed by atoms with Gasteiger partial charge in [0.2, 0.25) is 11.8 Å². The number of aryl methyl sites for hydroxylation is 1. The van der Waals surface area contributed by atoms with Crippen molar-refractivity contribution in [1.29, 1.82) is 0 Å². The van der Waals surface area contributed by atoms with Gasteiger partial charge < -0.3 is 16.0 Å². The van der Waals surface area contributed by atoms with Crippen molar-refractivity contribution in [3.63, 3.8) is 0 Å². The molecule has 0 bridgehead atoms. The number of benzene rings is 1. The molecule has 1 fully saturated rings. The van der Waals surface area contributed by atoms with Crippen molar-refractivity contribution in [2.45, 2.75) is 71.3 Å². The zero-order valence-corrected chi connectivity index (χ0v) is 25.2. The fourth-order valence-electron chi connectivity index (χ4n) is 5.43. The van der Waals surface area contributed by atoms with E-state index in [1.807, 2.05) is 6.92 Å². The molecule has 0 radical (unpaired) electrons. The van der Waals surface area contributed by atoms with Gasteiger partial charge in [0.25, 0.3) is 11.1 Å². The van der Waals surface area contributed by atoms with Gasteiger partial charge in [-0.3, -0.25) is 32.9 Å². The van der Waals surface area contributed by atoms with E-state index in [2.05, 4.69) is 16.0 Å². The van der Waals surface area contributed by atoms with Gasteiger partial charge in [-0.2, -0.15) is 0 Å². The summed E-state index contributed by atoms with van der Waals surface area (Å²) >= 11 is 0. The Labute approximate surface area is 253 Å². The Morgan fingerprint density at radius 3 is 2.48 bits per heavy atom. The predicted octanol–water partition coefficient (Wildman–Crippen LogP) is 4.07. The number of rotatable bonds is 11. The second-order valence-corrected chi connectivity index (χ2v) is 11.3. The molecule has 3 aromatic rings. The summed E-state index contributed by atoms with van der Waals surface area (Å²) < 4.78 is 18.5. The molecule has 232 valence electrons. The molecule has 3 N–H and O–H groups in total. The van der Waals surface area contributed by atoms with E-state index in [4.69, 9.17) is 0 Å². The average Bonchev–Trinajstić information content (AvgIpc) is 3.83. The number of carbonyl (C=O) groups excluding carboxylic acids is 2. The molecule has 0 spiro atoms. The topological polar surface area (TPSA) is 136 Å². The Kier molecular flexibility index (Phi) is 8.98. The number of amides is 2. The summed E-state index contributed by atoms with van der Waals surface area (Å²) in [6, 6.07) is 6.27. The Bertz CT molecular complexity index is 1880. The highest BCUT2D eigenvalue weighted by Gasteiger charge is 2.32. The van der Waals surface area contributed by atoms with Crippen LogP contribution in [0.15, 0.2) is 62.3 Å². The lowest BCUT2D eigenvalue weighted by Crippen LogP contribution is -2.41. The molecular weight excluding hydrogens is 567 g/mol. The molecule has 2 aliphatic carbocycles. The SMILES string of the molecule is CCCCC(=O)NCCC(=O)Nc1cccc(-n2c(=O)n(C3CC3)c(=O)c3c(NC4=CCCC=C4F)n(C)c(=O)c(C)c32)c1. The summed E-state index contributed by atoms with van der Waals surface area (Å²) in [5.41, 5.74) is -0.446. The number of nitrogens with one attached hydrogen (secondary N) is 3. The van der Waals surface area contributed by atoms with Gasteiger partial charge in [-0.1, -0.05) is 25.5 Å². The molecule has 2 aromatic heterocycles. The Morgan fingerprint density at radius 1 is 1.02 bits per heavy atom. The second kappa shape index (κ2) is 12.9. The molecule has 1 saturated carbocycles. The molecule has 44 heavy (non-hydrogen) atoms. The highest BCUT2D eigenvalue weighted by molar-refractivity contribution is 5.94. The molecule has 1 aromatic carbocycles. The number of aromatic nitrogens is 3. The van der Waals surface area contributed by atoms with E-state index in [1.54, 1.807) is 37.3 Å². The van der Waals surface area contributed by atoms with Crippen molar-refractivity contribution >= 4 is 34.2 Å². The van der Waals surface area contributed by atoms with E-state index < -0.39 is 22.6 Å². The molecule has 0 saturated heterocycles. The van der Waals surface area contributed by atoms with E-state index in [0.29, 0.717) is 43.5 Å². The zero-order chi connectivity index (χ0) is 31.5. The maximum atomic E-state index is 14.7. The smallest absolute Gasteiger partial charge is 0.336 e. The van der Waals surface area contributed by atoms with Crippen LogP contribution in [0.3, 0.4) is 0 Å². The number of anilines is 2.